The van der Waals surface area contributed by atoms with E-state index in [1.54, 1.807) is 4.90 Å². The van der Waals surface area contributed by atoms with E-state index in [-0.39, 0.29) is 35.7 Å². The highest BCUT2D eigenvalue weighted by Gasteiger charge is 2.44. The third-order valence-electron chi connectivity index (χ3n) is 7.03. The van der Waals surface area contributed by atoms with Crippen molar-refractivity contribution in [3.05, 3.63) is 62.9 Å². The summed E-state index contributed by atoms with van der Waals surface area (Å²) in [4.78, 5) is 40.5. The van der Waals surface area contributed by atoms with Crippen molar-refractivity contribution in [1.82, 2.24) is 14.8 Å². The number of aromatic nitrogens is 1. The highest BCUT2D eigenvalue weighted by molar-refractivity contribution is 5.99. The first-order chi connectivity index (χ1) is 16.5. The summed E-state index contributed by atoms with van der Waals surface area (Å²) in [5.74, 6) is -4.61. The number of hydrogen-bond donors (Lipinski definition) is 2. The molecule has 35 heavy (non-hydrogen) atoms. The van der Waals surface area contributed by atoms with Crippen molar-refractivity contribution in [2.75, 3.05) is 13.1 Å². The molecular formula is C25H28F3N3O4. The van der Waals surface area contributed by atoms with Crippen LogP contribution in [-0.2, 0) is 6.54 Å². The maximum Gasteiger partial charge on any atom is 0.275 e. The summed E-state index contributed by atoms with van der Waals surface area (Å²) in [6.07, 6.45) is 4.71. The molecule has 2 N–H and O–H groups in total. The van der Waals surface area contributed by atoms with E-state index >= 15 is 0 Å². The average molecular weight is 492 g/mol. The molecule has 0 radical (unpaired) electrons. The molecule has 10 heteroatoms. The van der Waals surface area contributed by atoms with Crippen molar-refractivity contribution >= 4 is 11.8 Å². The van der Waals surface area contributed by atoms with Crippen molar-refractivity contribution in [1.29, 1.82) is 0 Å². The number of allylic oxidation sites excluding steroid dienone is 5. The zero-order valence-corrected chi connectivity index (χ0v) is 19.7. The molecule has 4 rings (SSSR count). The van der Waals surface area contributed by atoms with E-state index in [1.165, 1.54) is 10.8 Å². The van der Waals surface area contributed by atoms with Gasteiger partial charge in [0.25, 0.3) is 11.8 Å². The van der Waals surface area contributed by atoms with Gasteiger partial charge in [-0.15, -0.1) is 0 Å². The van der Waals surface area contributed by atoms with Crippen molar-refractivity contribution in [2.24, 2.45) is 5.92 Å². The van der Waals surface area contributed by atoms with Crippen molar-refractivity contribution in [3.8, 4) is 5.75 Å². The van der Waals surface area contributed by atoms with Crippen LogP contribution in [0.15, 0.2) is 46.2 Å². The lowest BCUT2D eigenvalue weighted by atomic mass is 9.91. The number of carbonyl (C=O) groups excluding carboxylic acids is 2. The predicted octanol–water partition coefficient (Wildman–Crippen LogP) is 4.04. The Balaban J connectivity index is 1.56. The first-order valence-electron chi connectivity index (χ1n) is 11.7. The zero-order chi connectivity index (χ0) is 25.5. The Bertz CT molecular complexity index is 1230. The topological polar surface area (TPSA) is 91.6 Å². The van der Waals surface area contributed by atoms with Gasteiger partial charge in [-0.05, 0) is 38.2 Å². The third kappa shape index (κ3) is 4.66. The van der Waals surface area contributed by atoms with E-state index in [9.17, 15) is 32.7 Å². The van der Waals surface area contributed by atoms with E-state index in [0.717, 1.165) is 25.3 Å². The van der Waals surface area contributed by atoms with Crippen LogP contribution in [0, 0.1) is 5.92 Å². The van der Waals surface area contributed by atoms with E-state index < -0.39 is 52.4 Å². The van der Waals surface area contributed by atoms with Crippen LogP contribution in [0.2, 0.25) is 0 Å². The number of rotatable bonds is 4. The SMILES string of the molecule is C[C@@H]1CCC[C@@]2(C)Cn3cc(C(=O)NCCC4=C(F)CC=C(F)C=C4F)c(=O)c(O)c3C(=O)N2C1. The van der Waals surface area contributed by atoms with E-state index in [0.29, 0.717) is 19.2 Å². The van der Waals surface area contributed by atoms with Crippen molar-refractivity contribution in [3.63, 3.8) is 0 Å². The largest absolute Gasteiger partial charge is 0.503 e. The summed E-state index contributed by atoms with van der Waals surface area (Å²) in [5.41, 5.74) is -2.41. The molecule has 1 fully saturated rings. The van der Waals surface area contributed by atoms with Crippen LogP contribution in [-0.4, -0.2) is 45.0 Å². The Morgan fingerprint density at radius 3 is 2.77 bits per heavy atom. The molecule has 1 aliphatic carbocycles. The smallest absolute Gasteiger partial charge is 0.275 e. The highest BCUT2D eigenvalue weighted by Crippen LogP contribution is 2.37. The lowest BCUT2D eigenvalue weighted by Gasteiger charge is -2.45. The van der Waals surface area contributed by atoms with Gasteiger partial charge >= 0.3 is 0 Å². The number of fused-ring (bicyclic) bond motifs is 2. The number of nitrogens with one attached hydrogen (secondary N) is 1. The Morgan fingerprint density at radius 1 is 1.29 bits per heavy atom. The number of pyridine rings is 1. The molecule has 3 aliphatic rings. The molecule has 1 aromatic heterocycles. The first kappa shape index (κ1) is 24.8. The fraction of sp³-hybridized carbons (Fsp3) is 0.480. The molecule has 1 aromatic rings. The number of carbonyl (C=O) groups is 2. The van der Waals surface area contributed by atoms with Crippen LogP contribution >= 0.6 is 0 Å². The molecule has 2 aliphatic heterocycles. The van der Waals surface area contributed by atoms with Crippen LogP contribution < -0.4 is 10.7 Å². The number of amides is 2. The minimum atomic E-state index is -1.07. The third-order valence-corrected chi connectivity index (χ3v) is 7.03. The maximum absolute atomic E-state index is 14.1. The normalized spacial score (nSPS) is 24.7. The van der Waals surface area contributed by atoms with Gasteiger partial charge in [0, 0.05) is 43.9 Å². The van der Waals surface area contributed by atoms with Crippen LogP contribution in [0.25, 0.3) is 0 Å². The molecule has 3 heterocycles. The average Bonchev–Trinajstić information content (AvgIpc) is 3.01. The van der Waals surface area contributed by atoms with Gasteiger partial charge in [-0.25, -0.2) is 13.2 Å². The van der Waals surface area contributed by atoms with Gasteiger partial charge in [0.15, 0.2) is 11.4 Å². The summed E-state index contributed by atoms with van der Waals surface area (Å²) in [6, 6.07) is 0. The number of nitrogens with zero attached hydrogens (tertiary/aromatic N) is 2. The second-order valence-corrected chi connectivity index (χ2v) is 9.78. The van der Waals surface area contributed by atoms with Crippen molar-refractivity contribution in [2.45, 2.75) is 58.0 Å². The Kier molecular flexibility index (Phi) is 6.66. The fourth-order valence-corrected chi connectivity index (χ4v) is 5.10. The summed E-state index contributed by atoms with van der Waals surface area (Å²) < 4.78 is 42.9. The van der Waals surface area contributed by atoms with E-state index in [1.807, 2.05) is 6.92 Å². The number of halogens is 3. The summed E-state index contributed by atoms with van der Waals surface area (Å²) in [7, 11) is 0. The molecule has 0 spiro atoms. The van der Waals surface area contributed by atoms with E-state index in [2.05, 4.69) is 12.2 Å². The highest BCUT2D eigenvalue weighted by atomic mass is 19.1. The molecule has 0 aromatic carbocycles. The Labute approximate surface area is 200 Å². The molecule has 1 saturated heterocycles. The first-order valence-corrected chi connectivity index (χ1v) is 11.7. The van der Waals surface area contributed by atoms with Crippen LogP contribution in [0.1, 0.15) is 66.8 Å². The minimum absolute atomic E-state index is 0.148. The molecular weight excluding hydrogens is 463 g/mol. The van der Waals surface area contributed by atoms with Gasteiger partial charge in [0.05, 0.1) is 5.54 Å². The summed E-state index contributed by atoms with van der Waals surface area (Å²) in [6.45, 7) is 4.60. The van der Waals surface area contributed by atoms with Gasteiger partial charge < -0.3 is 19.9 Å². The molecule has 2 amide bonds. The molecule has 0 bridgehead atoms. The standard InChI is InChI=1S/C25H28F3N3O4/c1-14-4-3-8-25(2)13-30-12-17(21(32)22(33)20(30)24(35)31(25)11-14)23(34)29-9-7-16-18(27)6-5-15(26)10-19(16)28/h5,10,12,14,33H,3-4,6-9,11,13H2,1-2H3,(H,29,34)/t14-,25+/m1/s1. The van der Waals surface area contributed by atoms with Gasteiger partial charge in [-0.3, -0.25) is 14.4 Å². The number of hydrogen-bond acceptors (Lipinski definition) is 4. The number of aromatic hydroxyl groups is 1. The van der Waals surface area contributed by atoms with Crippen LogP contribution in [0.4, 0.5) is 13.2 Å². The molecule has 188 valence electrons. The van der Waals surface area contributed by atoms with Crippen LogP contribution in [0.3, 0.4) is 0 Å². The van der Waals surface area contributed by atoms with Gasteiger partial charge in [0.1, 0.15) is 23.0 Å². The van der Waals surface area contributed by atoms with Crippen molar-refractivity contribution < 1.29 is 27.9 Å². The minimum Gasteiger partial charge on any atom is -0.503 e. The summed E-state index contributed by atoms with van der Waals surface area (Å²) >= 11 is 0. The van der Waals surface area contributed by atoms with Gasteiger partial charge in [-0.1, -0.05) is 13.3 Å². The second-order valence-electron chi connectivity index (χ2n) is 9.78. The lowest BCUT2D eigenvalue weighted by Crippen LogP contribution is -2.57. The second kappa shape index (κ2) is 9.39. The quantitative estimate of drug-likeness (QED) is 0.665. The molecule has 7 nitrogen and oxygen atoms in total. The summed E-state index contributed by atoms with van der Waals surface area (Å²) in [5, 5.41) is 13.0. The Morgan fingerprint density at radius 2 is 2.03 bits per heavy atom. The van der Waals surface area contributed by atoms with Crippen LogP contribution in [0.5, 0.6) is 5.75 Å². The molecule has 0 unspecified atom stereocenters. The maximum atomic E-state index is 14.1. The molecule has 2 atom stereocenters. The van der Waals surface area contributed by atoms with E-state index in [4.69, 9.17) is 0 Å². The fourth-order valence-electron chi connectivity index (χ4n) is 5.10. The lowest BCUT2D eigenvalue weighted by molar-refractivity contribution is 0.0328. The monoisotopic (exact) mass is 491 g/mol. The Hall–Kier alpha value is -3.30. The molecule has 0 saturated carbocycles. The zero-order valence-electron chi connectivity index (χ0n) is 19.7. The van der Waals surface area contributed by atoms with Gasteiger partial charge in [-0.2, -0.15) is 0 Å². The van der Waals surface area contributed by atoms with Gasteiger partial charge in [0.2, 0.25) is 5.43 Å². The predicted molar refractivity (Wildman–Crippen MR) is 123 cm³/mol.